The molecule has 1 aromatic heterocycles. The number of aryl methyl sites for hydroxylation is 1. The third-order valence-corrected chi connectivity index (χ3v) is 6.10. The number of hydrogen-bond donors (Lipinski definition) is 1. The SMILES string of the molecule is CCOc1ccccc1N1C(=O)NC(=O)/C(=C\c2cn(Cc3ccc(C)cc3)c3ccccc23)C1=O. The van der Waals surface area contributed by atoms with Crippen LogP contribution in [0.25, 0.3) is 17.0 Å². The lowest BCUT2D eigenvalue weighted by molar-refractivity contribution is -0.122. The predicted octanol–water partition coefficient (Wildman–Crippen LogP) is 5.06. The number of para-hydroxylation sites is 3. The summed E-state index contributed by atoms with van der Waals surface area (Å²) in [6.45, 7) is 4.86. The largest absolute Gasteiger partial charge is 0.492 e. The summed E-state index contributed by atoms with van der Waals surface area (Å²) in [5.41, 5.74) is 4.16. The van der Waals surface area contributed by atoms with Crippen molar-refractivity contribution in [3.05, 3.63) is 101 Å². The molecule has 4 aromatic rings. The maximum atomic E-state index is 13.5. The number of carbonyl (C=O) groups excluding carboxylic acids is 3. The molecule has 1 aliphatic heterocycles. The van der Waals surface area contributed by atoms with Crippen molar-refractivity contribution in [3.63, 3.8) is 0 Å². The van der Waals surface area contributed by atoms with E-state index in [1.54, 1.807) is 30.3 Å². The van der Waals surface area contributed by atoms with Gasteiger partial charge in [0.05, 0.1) is 12.3 Å². The number of anilines is 1. The summed E-state index contributed by atoms with van der Waals surface area (Å²) in [7, 11) is 0. The molecule has 1 aliphatic rings. The van der Waals surface area contributed by atoms with E-state index in [0.717, 1.165) is 21.4 Å². The van der Waals surface area contributed by atoms with Gasteiger partial charge in [0.15, 0.2) is 0 Å². The zero-order valence-corrected chi connectivity index (χ0v) is 20.0. The fraction of sp³-hybridized carbons (Fsp3) is 0.138. The number of hydrogen-bond acceptors (Lipinski definition) is 4. The molecule has 1 saturated heterocycles. The molecule has 0 aliphatic carbocycles. The van der Waals surface area contributed by atoms with Gasteiger partial charge in [0.1, 0.15) is 11.3 Å². The average Bonchev–Trinajstić information content (AvgIpc) is 3.21. The Labute approximate surface area is 208 Å². The normalized spacial score (nSPS) is 15.0. The number of rotatable bonds is 6. The fourth-order valence-corrected chi connectivity index (χ4v) is 4.36. The summed E-state index contributed by atoms with van der Waals surface area (Å²) in [6.07, 6.45) is 3.47. The van der Waals surface area contributed by atoms with Crippen LogP contribution in [0.4, 0.5) is 10.5 Å². The van der Waals surface area contributed by atoms with Gasteiger partial charge in [0, 0.05) is 29.2 Å². The number of imide groups is 2. The third kappa shape index (κ3) is 4.27. The lowest BCUT2D eigenvalue weighted by Crippen LogP contribution is -2.54. The number of barbiturate groups is 1. The Morgan fingerprint density at radius 2 is 1.64 bits per heavy atom. The van der Waals surface area contributed by atoms with E-state index >= 15 is 0 Å². The molecule has 0 bridgehead atoms. The second-order valence-electron chi connectivity index (χ2n) is 8.57. The quantitative estimate of drug-likeness (QED) is 0.310. The van der Waals surface area contributed by atoms with E-state index in [2.05, 4.69) is 34.1 Å². The van der Waals surface area contributed by atoms with Gasteiger partial charge in [-0.2, -0.15) is 0 Å². The van der Waals surface area contributed by atoms with Crippen molar-refractivity contribution in [2.75, 3.05) is 11.5 Å². The number of aromatic nitrogens is 1. The minimum absolute atomic E-state index is 0.126. The first-order valence-electron chi connectivity index (χ1n) is 11.7. The molecule has 7 nitrogen and oxygen atoms in total. The summed E-state index contributed by atoms with van der Waals surface area (Å²) in [5, 5.41) is 3.19. The Morgan fingerprint density at radius 1 is 0.917 bits per heavy atom. The Morgan fingerprint density at radius 3 is 2.42 bits per heavy atom. The van der Waals surface area contributed by atoms with Gasteiger partial charge in [-0.25, -0.2) is 9.69 Å². The Bertz CT molecular complexity index is 1520. The van der Waals surface area contributed by atoms with Gasteiger partial charge in [0.25, 0.3) is 11.8 Å². The number of nitrogens with one attached hydrogen (secondary N) is 1. The molecule has 0 spiro atoms. The van der Waals surface area contributed by atoms with E-state index in [-0.39, 0.29) is 11.3 Å². The molecule has 180 valence electrons. The molecule has 0 unspecified atom stereocenters. The first kappa shape index (κ1) is 23.1. The number of benzene rings is 3. The second-order valence-corrected chi connectivity index (χ2v) is 8.57. The highest BCUT2D eigenvalue weighted by molar-refractivity contribution is 6.39. The first-order chi connectivity index (χ1) is 17.5. The molecule has 36 heavy (non-hydrogen) atoms. The van der Waals surface area contributed by atoms with Crippen LogP contribution in [0.15, 0.2) is 84.6 Å². The van der Waals surface area contributed by atoms with Gasteiger partial charge >= 0.3 is 6.03 Å². The van der Waals surface area contributed by atoms with Crippen LogP contribution in [0.5, 0.6) is 5.75 Å². The predicted molar refractivity (Wildman–Crippen MR) is 139 cm³/mol. The van der Waals surface area contributed by atoms with E-state index in [1.165, 1.54) is 5.56 Å². The van der Waals surface area contributed by atoms with Crippen molar-refractivity contribution >= 4 is 40.5 Å². The molecule has 0 saturated carbocycles. The Hall–Kier alpha value is -4.65. The molecule has 5 rings (SSSR count). The number of carbonyl (C=O) groups is 3. The average molecular weight is 480 g/mol. The minimum atomic E-state index is -0.809. The maximum Gasteiger partial charge on any atom is 0.336 e. The summed E-state index contributed by atoms with van der Waals surface area (Å²) >= 11 is 0. The lowest BCUT2D eigenvalue weighted by atomic mass is 10.1. The van der Waals surface area contributed by atoms with Gasteiger partial charge in [-0.15, -0.1) is 0 Å². The van der Waals surface area contributed by atoms with Crippen molar-refractivity contribution in [2.45, 2.75) is 20.4 Å². The monoisotopic (exact) mass is 479 g/mol. The molecule has 7 heteroatoms. The summed E-state index contributed by atoms with van der Waals surface area (Å²) < 4.78 is 7.70. The number of ether oxygens (including phenoxy) is 1. The van der Waals surface area contributed by atoms with Crippen molar-refractivity contribution in [1.82, 2.24) is 9.88 Å². The molecule has 2 heterocycles. The molecule has 0 radical (unpaired) electrons. The smallest absolute Gasteiger partial charge is 0.336 e. The highest BCUT2D eigenvalue weighted by Gasteiger charge is 2.38. The van der Waals surface area contributed by atoms with E-state index in [4.69, 9.17) is 4.74 Å². The van der Waals surface area contributed by atoms with E-state index in [0.29, 0.717) is 24.5 Å². The summed E-state index contributed by atoms with van der Waals surface area (Å²) in [6, 6.07) is 22.1. The van der Waals surface area contributed by atoms with Crippen LogP contribution >= 0.6 is 0 Å². The molecular formula is C29H25N3O4. The molecule has 0 atom stereocenters. The molecule has 3 aromatic carbocycles. The number of urea groups is 1. The van der Waals surface area contributed by atoms with Gasteiger partial charge in [0.2, 0.25) is 0 Å². The van der Waals surface area contributed by atoms with Crippen molar-refractivity contribution in [2.24, 2.45) is 0 Å². The second kappa shape index (κ2) is 9.54. The van der Waals surface area contributed by atoms with E-state index in [9.17, 15) is 14.4 Å². The zero-order chi connectivity index (χ0) is 25.2. The van der Waals surface area contributed by atoms with Crippen molar-refractivity contribution in [3.8, 4) is 5.75 Å². The zero-order valence-electron chi connectivity index (χ0n) is 20.0. The standard InChI is InChI=1S/C29H25N3O4/c1-3-36-26-11-7-6-10-25(26)32-28(34)23(27(33)30-29(32)35)16-21-18-31(24-9-5-4-8-22(21)24)17-20-14-12-19(2)13-15-20/h4-16,18H,3,17H2,1-2H3,(H,30,33,35)/b23-16+. The Balaban J connectivity index is 1.56. The highest BCUT2D eigenvalue weighted by Crippen LogP contribution is 2.32. The summed E-state index contributed by atoms with van der Waals surface area (Å²) in [5.74, 6) is -1.05. The van der Waals surface area contributed by atoms with Crippen LogP contribution in [-0.2, 0) is 16.1 Å². The summed E-state index contributed by atoms with van der Waals surface area (Å²) in [4.78, 5) is 39.9. The number of amides is 4. The van der Waals surface area contributed by atoms with Crippen molar-refractivity contribution < 1.29 is 19.1 Å². The van der Waals surface area contributed by atoms with Crippen LogP contribution in [0.3, 0.4) is 0 Å². The van der Waals surface area contributed by atoms with Gasteiger partial charge in [-0.3, -0.25) is 14.9 Å². The highest BCUT2D eigenvalue weighted by atomic mass is 16.5. The molecule has 1 N–H and O–H groups in total. The topological polar surface area (TPSA) is 80.6 Å². The fourth-order valence-electron chi connectivity index (χ4n) is 4.36. The Kier molecular flexibility index (Phi) is 6.12. The lowest BCUT2D eigenvalue weighted by Gasteiger charge is -2.27. The van der Waals surface area contributed by atoms with Crippen molar-refractivity contribution in [1.29, 1.82) is 0 Å². The molecule has 4 amide bonds. The van der Waals surface area contributed by atoms with Crippen LogP contribution in [0, 0.1) is 6.92 Å². The number of nitrogens with zero attached hydrogens (tertiary/aromatic N) is 2. The number of fused-ring (bicyclic) bond motifs is 1. The van der Waals surface area contributed by atoms with Gasteiger partial charge in [-0.05, 0) is 43.7 Å². The molecular weight excluding hydrogens is 454 g/mol. The van der Waals surface area contributed by atoms with E-state index < -0.39 is 17.8 Å². The molecule has 1 fully saturated rings. The van der Waals surface area contributed by atoms with Crippen LogP contribution in [0.1, 0.15) is 23.6 Å². The van der Waals surface area contributed by atoms with E-state index in [1.807, 2.05) is 44.3 Å². The van der Waals surface area contributed by atoms with Gasteiger partial charge < -0.3 is 9.30 Å². The van der Waals surface area contributed by atoms with Crippen LogP contribution < -0.4 is 15.0 Å². The van der Waals surface area contributed by atoms with Gasteiger partial charge in [-0.1, -0.05) is 60.2 Å². The van der Waals surface area contributed by atoms with Crippen LogP contribution in [0.2, 0.25) is 0 Å². The minimum Gasteiger partial charge on any atom is -0.492 e. The first-order valence-corrected chi connectivity index (χ1v) is 11.7. The third-order valence-electron chi connectivity index (χ3n) is 6.10. The van der Waals surface area contributed by atoms with Crippen LogP contribution in [-0.4, -0.2) is 29.0 Å². The maximum absolute atomic E-state index is 13.5.